The van der Waals surface area contributed by atoms with Crippen molar-refractivity contribution in [2.24, 2.45) is 0 Å². The van der Waals surface area contributed by atoms with Crippen LogP contribution in [0.15, 0.2) is 34.5 Å². The van der Waals surface area contributed by atoms with E-state index in [1.165, 1.54) is 31.4 Å². The number of thiophene rings is 1. The van der Waals surface area contributed by atoms with Gasteiger partial charge in [-0.3, -0.25) is 4.72 Å². The molecule has 2 rings (SSSR count). The second-order valence-corrected chi connectivity index (χ2v) is 8.67. The maximum Gasteiger partial charge on any atom is 0.514 e. The van der Waals surface area contributed by atoms with E-state index < -0.39 is 16.2 Å². The fourth-order valence-corrected chi connectivity index (χ4v) is 4.80. The number of anilines is 2. The Labute approximate surface area is 175 Å². The molecule has 0 aliphatic heterocycles. The van der Waals surface area contributed by atoms with Gasteiger partial charge >= 0.3 is 6.16 Å². The zero-order valence-electron chi connectivity index (χ0n) is 16.7. The molecule has 0 amide bonds. The SMILES string of the molecule is CCCCCCNc1ccc(NS(=O)(=O)c2ccsc2OC(=O)OC)cc1OC. The van der Waals surface area contributed by atoms with E-state index in [-0.39, 0.29) is 9.96 Å². The van der Waals surface area contributed by atoms with Crippen LogP contribution in [0.5, 0.6) is 10.8 Å². The molecule has 0 radical (unpaired) electrons. The molecule has 0 atom stereocenters. The van der Waals surface area contributed by atoms with Crippen molar-refractivity contribution in [1.29, 1.82) is 0 Å². The number of nitrogens with one attached hydrogen (secondary N) is 2. The molecule has 2 N–H and O–H groups in total. The highest BCUT2D eigenvalue weighted by Crippen LogP contribution is 2.34. The molecule has 0 saturated heterocycles. The summed E-state index contributed by atoms with van der Waals surface area (Å²) < 4.78 is 42.6. The molecule has 1 aromatic heterocycles. The number of methoxy groups -OCH3 is 2. The van der Waals surface area contributed by atoms with Gasteiger partial charge in [-0.05, 0) is 30.0 Å². The summed E-state index contributed by atoms with van der Waals surface area (Å²) >= 11 is 0.978. The number of unbranched alkanes of at least 4 members (excludes halogenated alkanes) is 3. The van der Waals surface area contributed by atoms with Crippen LogP contribution in [-0.4, -0.2) is 35.3 Å². The van der Waals surface area contributed by atoms with Crippen LogP contribution in [0.3, 0.4) is 0 Å². The van der Waals surface area contributed by atoms with Gasteiger partial charge in [-0.1, -0.05) is 26.2 Å². The van der Waals surface area contributed by atoms with Gasteiger partial charge in [-0.25, -0.2) is 13.2 Å². The highest BCUT2D eigenvalue weighted by atomic mass is 32.2. The van der Waals surface area contributed by atoms with E-state index in [4.69, 9.17) is 9.47 Å². The maximum absolute atomic E-state index is 12.7. The number of ether oxygens (including phenoxy) is 3. The second-order valence-electron chi connectivity index (χ2n) is 6.14. The number of carbonyl (C=O) groups excluding carboxylic acids is 1. The monoisotopic (exact) mass is 442 g/mol. The molecule has 0 aliphatic rings. The first kappa shape index (κ1) is 22.8. The van der Waals surface area contributed by atoms with E-state index in [9.17, 15) is 13.2 Å². The van der Waals surface area contributed by atoms with Gasteiger partial charge in [-0.2, -0.15) is 0 Å². The molecular weight excluding hydrogens is 416 g/mol. The van der Waals surface area contributed by atoms with E-state index in [2.05, 4.69) is 21.7 Å². The topological polar surface area (TPSA) is 103 Å². The standard InChI is InChI=1S/C19H26N2O6S2/c1-4-5-6-7-11-20-15-9-8-14(13-16(15)25-2)21-29(23,24)17-10-12-28-18(17)27-19(22)26-3/h8-10,12-13,20-21H,4-7,11H2,1-3H3. The van der Waals surface area contributed by atoms with Crippen LogP contribution in [0.1, 0.15) is 32.6 Å². The van der Waals surface area contributed by atoms with Crippen molar-refractivity contribution in [1.82, 2.24) is 0 Å². The number of carbonyl (C=O) groups is 1. The number of benzene rings is 1. The lowest BCUT2D eigenvalue weighted by atomic mass is 10.2. The van der Waals surface area contributed by atoms with Crippen molar-refractivity contribution in [3.8, 4) is 10.8 Å². The predicted molar refractivity (Wildman–Crippen MR) is 114 cm³/mol. The molecule has 2 aromatic rings. The van der Waals surface area contributed by atoms with Crippen molar-refractivity contribution in [3.63, 3.8) is 0 Å². The minimum absolute atomic E-state index is 0.0679. The summed E-state index contributed by atoms with van der Waals surface area (Å²) in [4.78, 5) is 11.2. The second kappa shape index (κ2) is 10.9. The average molecular weight is 443 g/mol. The fraction of sp³-hybridized carbons (Fsp3) is 0.421. The van der Waals surface area contributed by atoms with Crippen molar-refractivity contribution >= 4 is 38.9 Å². The molecule has 8 nitrogen and oxygen atoms in total. The molecule has 0 unspecified atom stereocenters. The lowest BCUT2D eigenvalue weighted by Gasteiger charge is -2.14. The molecule has 0 bridgehead atoms. The van der Waals surface area contributed by atoms with Crippen LogP contribution in [0.2, 0.25) is 0 Å². The first-order chi connectivity index (χ1) is 13.9. The Hall–Kier alpha value is -2.46. The molecule has 0 fully saturated rings. The van der Waals surface area contributed by atoms with E-state index in [1.807, 2.05) is 0 Å². The smallest absolute Gasteiger partial charge is 0.495 e. The van der Waals surface area contributed by atoms with E-state index in [0.717, 1.165) is 43.5 Å². The Morgan fingerprint density at radius 2 is 1.93 bits per heavy atom. The van der Waals surface area contributed by atoms with Gasteiger partial charge < -0.3 is 19.5 Å². The average Bonchev–Trinajstić information content (AvgIpc) is 3.17. The van der Waals surface area contributed by atoms with Gasteiger partial charge in [0.2, 0.25) is 5.06 Å². The number of sulfonamides is 1. The minimum Gasteiger partial charge on any atom is -0.495 e. The third kappa shape index (κ3) is 6.53. The van der Waals surface area contributed by atoms with Gasteiger partial charge in [0.25, 0.3) is 10.0 Å². The maximum atomic E-state index is 12.7. The van der Waals surface area contributed by atoms with Crippen molar-refractivity contribution in [2.75, 3.05) is 30.8 Å². The zero-order valence-corrected chi connectivity index (χ0v) is 18.3. The number of rotatable bonds is 11. The van der Waals surface area contributed by atoms with Gasteiger partial charge in [0.1, 0.15) is 10.6 Å². The Balaban J connectivity index is 2.11. The van der Waals surface area contributed by atoms with Crippen molar-refractivity contribution < 1.29 is 27.4 Å². The lowest BCUT2D eigenvalue weighted by molar-refractivity contribution is 0.122. The van der Waals surface area contributed by atoms with E-state index >= 15 is 0 Å². The molecule has 0 aliphatic carbocycles. The van der Waals surface area contributed by atoms with Crippen LogP contribution >= 0.6 is 11.3 Å². The highest BCUT2D eigenvalue weighted by molar-refractivity contribution is 7.93. The van der Waals surface area contributed by atoms with Crippen molar-refractivity contribution in [2.45, 2.75) is 37.5 Å². The summed E-state index contributed by atoms with van der Waals surface area (Å²) in [5.74, 6) is 0.525. The van der Waals surface area contributed by atoms with E-state index in [1.54, 1.807) is 18.2 Å². The Bertz CT molecular complexity index is 911. The molecule has 0 saturated carbocycles. The summed E-state index contributed by atoms with van der Waals surface area (Å²) in [5, 5.41) is 4.75. The van der Waals surface area contributed by atoms with Gasteiger partial charge in [0.15, 0.2) is 0 Å². The highest BCUT2D eigenvalue weighted by Gasteiger charge is 2.23. The predicted octanol–water partition coefficient (Wildman–Crippen LogP) is 4.69. The molecule has 29 heavy (non-hydrogen) atoms. The third-order valence-electron chi connectivity index (χ3n) is 4.03. The summed E-state index contributed by atoms with van der Waals surface area (Å²) in [6, 6.07) is 6.35. The van der Waals surface area contributed by atoms with Crippen molar-refractivity contribution in [3.05, 3.63) is 29.6 Å². The molecule has 160 valence electrons. The Morgan fingerprint density at radius 3 is 2.62 bits per heavy atom. The lowest BCUT2D eigenvalue weighted by Crippen LogP contribution is -2.15. The van der Waals surface area contributed by atoms with Crippen LogP contribution in [-0.2, 0) is 14.8 Å². The first-order valence-electron chi connectivity index (χ1n) is 9.19. The Kier molecular flexibility index (Phi) is 8.59. The van der Waals surface area contributed by atoms with Gasteiger partial charge in [0.05, 0.1) is 25.6 Å². The molecule has 1 heterocycles. The largest absolute Gasteiger partial charge is 0.514 e. The van der Waals surface area contributed by atoms with Crippen LogP contribution in [0.25, 0.3) is 0 Å². The molecule has 0 spiro atoms. The van der Waals surface area contributed by atoms with E-state index in [0.29, 0.717) is 11.4 Å². The summed E-state index contributed by atoms with van der Waals surface area (Å²) in [5.41, 5.74) is 1.12. The molecule has 1 aromatic carbocycles. The normalized spacial score (nSPS) is 11.0. The fourth-order valence-electron chi connectivity index (χ4n) is 2.56. The van der Waals surface area contributed by atoms with Crippen LogP contribution in [0, 0.1) is 0 Å². The summed E-state index contributed by atoms with van der Waals surface area (Å²) in [6.07, 6.45) is 3.59. The van der Waals surface area contributed by atoms with Crippen LogP contribution < -0.4 is 19.5 Å². The molecule has 10 heteroatoms. The van der Waals surface area contributed by atoms with Crippen LogP contribution in [0.4, 0.5) is 16.2 Å². The summed E-state index contributed by atoms with van der Waals surface area (Å²) in [6.45, 7) is 2.97. The van der Waals surface area contributed by atoms with Gasteiger partial charge in [0, 0.05) is 12.6 Å². The minimum atomic E-state index is -3.97. The van der Waals surface area contributed by atoms with Gasteiger partial charge in [-0.15, -0.1) is 11.3 Å². The zero-order chi connectivity index (χ0) is 21.3. The quantitative estimate of drug-likeness (QED) is 0.384. The number of hydrogen-bond acceptors (Lipinski definition) is 8. The Morgan fingerprint density at radius 1 is 1.14 bits per heavy atom. The number of hydrogen-bond donors (Lipinski definition) is 2. The molecular formula is C19H26N2O6S2. The summed E-state index contributed by atoms with van der Waals surface area (Å²) in [7, 11) is -1.30. The third-order valence-corrected chi connectivity index (χ3v) is 6.35. The first-order valence-corrected chi connectivity index (χ1v) is 11.6.